The summed E-state index contributed by atoms with van der Waals surface area (Å²) < 4.78 is 0. The molecule has 2 nitrogen and oxygen atoms in total. The minimum Gasteiger partial charge on any atom is -0.329 e. The Balaban J connectivity index is 2.12. The molecule has 2 heteroatoms. The molecule has 96 valence electrons. The minimum atomic E-state index is 0.825. The van der Waals surface area contributed by atoms with Gasteiger partial charge in [-0.05, 0) is 25.8 Å². The van der Waals surface area contributed by atoms with E-state index in [4.69, 9.17) is 5.73 Å². The molecule has 0 aromatic carbocycles. The average Bonchev–Trinajstić information content (AvgIpc) is 2.81. The Hall–Kier alpha value is -0.0800. The zero-order valence-corrected chi connectivity index (χ0v) is 11.1. The van der Waals surface area contributed by atoms with E-state index in [2.05, 4.69) is 11.8 Å². The van der Waals surface area contributed by atoms with Crippen molar-refractivity contribution < 1.29 is 0 Å². The van der Waals surface area contributed by atoms with Gasteiger partial charge >= 0.3 is 0 Å². The van der Waals surface area contributed by atoms with Gasteiger partial charge in [0.1, 0.15) is 0 Å². The second kappa shape index (κ2) is 9.00. The van der Waals surface area contributed by atoms with E-state index in [1.54, 1.807) is 0 Å². The van der Waals surface area contributed by atoms with Gasteiger partial charge in [-0.25, -0.2) is 0 Å². The number of nitrogens with two attached hydrogens (primary N) is 1. The summed E-state index contributed by atoms with van der Waals surface area (Å²) in [6.45, 7) is 5.49. The van der Waals surface area contributed by atoms with Crippen molar-refractivity contribution in [2.75, 3.05) is 19.6 Å². The van der Waals surface area contributed by atoms with E-state index in [-0.39, 0.29) is 0 Å². The first-order valence-electron chi connectivity index (χ1n) is 7.32. The number of rotatable bonds is 9. The maximum absolute atomic E-state index is 5.71. The summed E-state index contributed by atoms with van der Waals surface area (Å²) >= 11 is 0. The molecular formula is C14H30N2. The van der Waals surface area contributed by atoms with Gasteiger partial charge in [-0.3, -0.25) is 4.90 Å². The highest BCUT2D eigenvalue weighted by atomic mass is 15.2. The molecule has 0 radical (unpaired) electrons. The van der Waals surface area contributed by atoms with Crippen LogP contribution < -0.4 is 5.73 Å². The summed E-state index contributed by atoms with van der Waals surface area (Å²) in [5, 5.41) is 0. The van der Waals surface area contributed by atoms with Gasteiger partial charge in [-0.1, -0.05) is 45.4 Å². The largest absolute Gasteiger partial charge is 0.329 e. The molecule has 0 atom stereocenters. The van der Waals surface area contributed by atoms with Gasteiger partial charge in [0.05, 0.1) is 0 Å². The van der Waals surface area contributed by atoms with Crippen molar-refractivity contribution in [1.29, 1.82) is 0 Å². The fourth-order valence-corrected chi connectivity index (χ4v) is 2.83. The summed E-state index contributed by atoms with van der Waals surface area (Å²) in [6, 6.07) is 0.856. The van der Waals surface area contributed by atoms with Crippen LogP contribution in [0.25, 0.3) is 0 Å². The Morgan fingerprint density at radius 2 is 1.69 bits per heavy atom. The van der Waals surface area contributed by atoms with Gasteiger partial charge in [-0.2, -0.15) is 0 Å². The summed E-state index contributed by atoms with van der Waals surface area (Å²) in [5.74, 6) is 0. The zero-order valence-electron chi connectivity index (χ0n) is 11.1. The molecule has 0 heterocycles. The molecule has 1 saturated carbocycles. The van der Waals surface area contributed by atoms with E-state index in [1.807, 2.05) is 0 Å². The predicted molar refractivity (Wildman–Crippen MR) is 71.6 cm³/mol. The molecule has 0 unspecified atom stereocenters. The Bertz CT molecular complexity index is 153. The molecule has 1 fully saturated rings. The van der Waals surface area contributed by atoms with E-state index in [0.717, 1.165) is 19.1 Å². The van der Waals surface area contributed by atoms with E-state index < -0.39 is 0 Å². The molecule has 1 rings (SSSR count). The van der Waals surface area contributed by atoms with Crippen LogP contribution in [0.1, 0.15) is 64.7 Å². The normalized spacial score (nSPS) is 17.4. The van der Waals surface area contributed by atoms with Gasteiger partial charge in [-0.15, -0.1) is 0 Å². The van der Waals surface area contributed by atoms with Crippen LogP contribution in [0.15, 0.2) is 0 Å². The lowest BCUT2D eigenvalue weighted by molar-refractivity contribution is 0.199. The quantitative estimate of drug-likeness (QED) is 0.612. The molecule has 1 aliphatic carbocycles. The monoisotopic (exact) mass is 226 g/mol. The first kappa shape index (κ1) is 14.0. The van der Waals surface area contributed by atoms with E-state index >= 15 is 0 Å². The molecule has 0 spiro atoms. The summed E-state index contributed by atoms with van der Waals surface area (Å²) in [4.78, 5) is 2.65. The number of unbranched alkanes of at least 4 members (excludes halogenated alkanes) is 4. The average molecular weight is 226 g/mol. The van der Waals surface area contributed by atoms with Crippen LogP contribution in [-0.4, -0.2) is 30.6 Å². The van der Waals surface area contributed by atoms with Gasteiger partial charge < -0.3 is 5.73 Å². The van der Waals surface area contributed by atoms with Crippen molar-refractivity contribution >= 4 is 0 Å². The highest BCUT2D eigenvalue weighted by molar-refractivity contribution is 4.77. The third-order valence-electron chi connectivity index (χ3n) is 3.81. The first-order chi connectivity index (χ1) is 7.88. The van der Waals surface area contributed by atoms with Crippen LogP contribution in [0, 0.1) is 0 Å². The predicted octanol–water partition coefficient (Wildman–Crippen LogP) is 3.16. The van der Waals surface area contributed by atoms with Crippen molar-refractivity contribution in [3.05, 3.63) is 0 Å². The second-order valence-electron chi connectivity index (χ2n) is 5.18. The lowest BCUT2D eigenvalue weighted by Gasteiger charge is -2.28. The van der Waals surface area contributed by atoms with E-state index in [9.17, 15) is 0 Å². The number of nitrogens with zero attached hydrogens (tertiary/aromatic N) is 1. The van der Waals surface area contributed by atoms with Crippen LogP contribution in [0.5, 0.6) is 0 Å². The topological polar surface area (TPSA) is 29.3 Å². The summed E-state index contributed by atoms with van der Waals surface area (Å²) in [5.41, 5.74) is 5.71. The van der Waals surface area contributed by atoms with Crippen molar-refractivity contribution in [3.63, 3.8) is 0 Å². The fraction of sp³-hybridized carbons (Fsp3) is 1.00. The molecular weight excluding hydrogens is 196 g/mol. The van der Waals surface area contributed by atoms with Crippen LogP contribution in [0.4, 0.5) is 0 Å². The van der Waals surface area contributed by atoms with E-state index in [0.29, 0.717) is 0 Å². The molecule has 2 N–H and O–H groups in total. The Morgan fingerprint density at radius 1 is 1.00 bits per heavy atom. The molecule has 0 aromatic heterocycles. The third kappa shape index (κ3) is 5.31. The number of hydrogen-bond acceptors (Lipinski definition) is 2. The van der Waals surface area contributed by atoms with Crippen molar-refractivity contribution in [2.24, 2.45) is 5.73 Å². The minimum absolute atomic E-state index is 0.825. The van der Waals surface area contributed by atoms with Crippen LogP contribution in [-0.2, 0) is 0 Å². The zero-order chi connectivity index (χ0) is 11.6. The Kier molecular flexibility index (Phi) is 7.87. The van der Waals surface area contributed by atoms with Crippen molar-refractivity contribution in [2.45, 2.75) is 70.8 Å². The van der Waals surface area contributed by atoms with Crippen molar-refractivity contribution in [3.8, 4) is 0 Å². The van der Waals surface area contributed by atoms with E-state index in [1.165, 1.54) is 64.3 Å². The second-order valence-corrected chi connectivity index (χ2v) is 5.18. The standard InChI is InChI=1S/C14H30N2/c1-2-3-4-5-8-12-16(13-11-15)14-9-6-7-10-14/h14H,2-13,15H2,1H3. The molecule has 0 saturated heterocycles. The van der Waals surface area contributed by atoms with Gasteiger partial charge in [0, 0.05) is 19.1 Å². The SMILES string of the molecule is CCCCCCCN(CCN)C1CCCC1. The molecule has 16 heavy (non-hydrogen) atoms. The van der Waals surface area contributed by atoms with Crippen LogP contribution in [0.3, 0.4) is 0 Å². The maximum Gasteiger partial charge on any atom is 0.0108 e. The highest BCUT2D eigenvalue weighted by Gasteiger charge is 2.21. The highest BCUT2D eigenvalue weighted by Crippen LogP contribution is 2.23. The van der Waals surface area contributed by atoms with Crippen LogP contribution in [0.2, 0.25) is 0 Å². The Labute approximate surface area is 102 Å². The van der Waals surface area contributed by atoms with Crippen LogP contribution >= 0.6 is 0 Å². The molecule has 0 amide bonds. The summed E-state index contributed by atoms with van der Waals surface area (Å²) in [6.07, 6.45) is 12.6. The maximum atomic E-state index is 5.71. The van der Waals surface area contributed by atoms with Gasteiger partial charge in [0.25, 0.3) is 0 Å². The molecule has 0 bridgehead atoms. The van der Waals surface area contributed by atoms with Crippen molar-refractivity contribution in [1.82, 2.24) is 4.90 Å². The number of hydrogen-bond donors (Lipinski definition) is 1. The van der Waals surface area contributed by atoms with Gasteiger partial charge in [0.15, 0.2) is 0 Å². The smallest absolute Gasteiger partial charge is 0.0108 e. The first-order valence-corrected chi connectivity index (χ1v) is 7.32. The fourth-order valence-electron chi connectivity index (χ4n) is 2.83. The lowest BCUT2D eigenvalue weighted by Crippen LogP contribution is -2.37. The Morgan fingerprint density at radius 3 is 2.31 bits per heavy atom. The molecule has 0 aliphatic heterocycles. The molecule has 1 aliphatic rings. The van der Waals surface area contributed by atoms with Gasteiger partial charge in [0.2, 0.25) is 0 Å². The third-order valence-corrected chi connectivity index (χ3v) is 3.81. The summed E-state index contributed by atoms with van der Waals surface area (Å²) in [7, 11) is 0. The molecule has 0 aromatic rings. The lowest BCUT2D eigenvalue weighted by atomic mass is 10.1.